The summed E-state index contributed by atoms with van der Waals surface area (Å²) >= 11 is 0. The standard InChI is InChI=1S/C18H20N4O3/c1-11(2)6-7-22-17(24)14-5-4-12(8-15(14)18(22)25)16(23)20-13-9-19-21(3)10-13/h4-5,8-11H,6-7H2,1-3H3,(H,20,23). The molecule has 0 atom stereocenters. The molecule has 1 N–H and O–H groups in total. The van der Waals surface area contributed by atoms with Gasteiger partial charge in [-0.2, -0.15) is 5.10 Å². The van der Waals surface area contributed by atoms with Gasteiger partial charge >= 0.3 is 0 Å². The molecule has 25 heavy (non-hydrogen) atoms. The van der Waals surface area contributed by atoms with Gasteiger partial charge in [0.05, 0.1) is 23.0 Å². The van der Waals surface area contributed by atoms with E-state index in [4.69, 9.17) is 0 Å². The topological polar surface area (TPSA) is 84.3 Å². The molecule has 0 spiro atoms. The van der Waals surface area contributed by atoms with Gasteiger partial charge in [-0.05, 0) is 30.5 Å². The van der Waals surface area contributed by atoms with Crippen LogP contribution in [0.2, 0.25) is 0 Å². The van der Waals surface area contributed by atoms with Crippen molar-refractivity contribution in [2.45, 2.75) is 20.3 Å². The number of fused-ring (bicyclic) bond motifs is 1. The van der Waals surface area contributed by atoms with Gasteiger partial charge in [0, 0.05) is 25.4 Å². The number of imide groups is 1. The minimum absolute atomic E-state index is 0.285. The van der Waals surface area contributed by atoms with E-state index in [2.05, 4.69) is 10.4 Å². The molecule has 7 heteroatoms. The molecule has 1 aromatic carbocycles. The summed E-state index contributed by atoms with van der Waals surface area (Å²) in [6.07, 6.45) is 3.96. The maximum Gasteiger partial charge on any atom is 0.261 e. The van der Waals surface area contributed by atoms with Gasteiger partial charge in [-0.15, -0.1) is 0 Å². The van der Waals surface area contributed by atoms with Crippen molar-refractivity contribution in [3.05, 3.63) is 47.3 Å². The van der Waals surface area contributed by atoms with Crippen molar-refractivity contribution in [1.29, 1.82) is 0 Å². The van der Waals surface area contributed by atoms with Gasteiger partial charge in [0.15, 0.2) is 0 Å². The van der Waals surface area contributed by atoms with Crippen LogP contribution in [-0.4, -0.2) is 38.9 Å². The highest BCUT2D eigenvalue weighted by molar-refractivity contribution is 6.22. The van der Waals surface area contributed by atoms with Crippen LogP contribution in [0.3, 0.4) is 0 Å². The first kappa shape index (κ1) is 16.9. The summed E-state index contributed by atoms with van der Waals surface area (Å²) < 4.78 is 1.58. The number of rotatable bonds is 5. The summed E-state index contributed by atoms with van der Waals surface area (Å²) in [6.45, 7) is 4.47. The van der Waals surface area contributed by atoms with E-state index in [1.54, 1.807) is 30.1 Å². The van der Waals surface area contributed by atoms with Gasteiger partial charge in [0.1, 0.15) is 0 Å². The SMILES string of the molecule is CC(C)CCN1C(=O)c2ccc(C(=O)Nc3cnn(C)c3)cc2C1=O. The molecule has 0 bridgehead atoms. The monoisotopic (exact) mass is 340 g/mol. The van der Waals surface area contributed by atoms with E-state index in [1.165, 1.54) is 17.2 Å². The molecule has 1 aliphatic heterocycles. The number of hydrogen-bond donors (Lipinski definition) is 1. The first-order valence-corrected chi connectivity index (χ1v) is 8.17. The molecule has 0 fully saturated rings. The van der Waals surface area contributed by atoms with Crippen LogP contribution in [0.25, 0.3) is 0 Å². The van der Waals surface area contributed by atoms with Crippen molar-refractivity contribution in [3.63, 3.8) is 0 Å². The second-order valence-electron chi connectivity index (χ2n) is 6.56. The summed E-state index contributed by atoms with van der Waals surface area (Å²) in [5.41, 5.74) is 1.53. The van der Waals surface area contributed by atoms with Crippen LogP contribution in [-0.2, 0) is 7.05 Å². The number of carbonyl (C=O) groups is 3. The highest BCUT2D eigenvalue weighted by atomic mass is 16.2. The smallest absolute Gasteiger partial charge is 0.261 e. The molecule has 0 saturated heterocycles. The minimum atomic E-state index is -0.350. The van der Waals surface area contributed by atoms with E-state index >= 15 is 0 Å². The molecule has 1 aromatic heterocycles. The first-order chi connectivity index (χ1) is 11.9. The molecule has 7 nitrogen and oxygen atoms in total. The quantitative estimate of drug-likeness (QED) is 0.847. The molecule has 1 aliphatic rings. The van der Waals surface area contributed by atoms with Crippen molar-refractivity contribution in [3.8, 4) is 0 Å². The predicted octanol–water partition coefficient (Wildman–Crippen LogP) is 2.31. The van der Waals surface area contributed by atoms with Crippen LogP contribution in [0, 0.1) is 5.92 Å². The maximum atomic E-state index is 12.5. The number of anilines is 1. The average molecular weight is 340 g/mol. The van der Waals surface area contributed by atoms with Gasteiger partial charge in [-0.3, -0.25) is 24.0 Å². The Morgan fingerprint density at radius 1 is 1.20 bits per heavy atom. The Kier molecular flexibility index (Phi) is 4.39. The number of hydrogen-bond acceptors (Lipinski definition) is 4. The summed E-state index contributed by atoms with van der Waals surface area (Å²) in [5.74, 6) is -0.585. The lowest BCUT2D eigenvalue weighted by Crippen LogP contribution is -2.31. The fourth-order valence-electron chi connectivity index (χ4n) is 2.71. The Balaban J connectivity index is 1.80. The van der Waals surface area contributed by atoms with Gasteiger partial charge in [-0.25, -0.2) is 0 Å². The second kappa shape index (κ2) is 6.51. The zero-order valence-electron chi connectivity index (χ0n) is 14.4. The highest BCUT2D eigenvalue weighted by Crippen LogP contribution is 2.25. The zero-order chi connectivity index (χ0) is 18.1. The van der Waals surface area contributed by atoms with E-state index in [0.29, 0.717) is 29.3 Å². The van der Waals surface area contributed by atoms with Crippen molar-refractivity contribution in [2.24, 2.45) is 13.0 Å². The van der Waals surface area contributed by atoms with Crippen LogP contribution in [0.5, 0.6) is 0 Å². The summed E-state index contributed by atoms with van der Waals surface area (Å²) in [7, 11) is 1.75. The van der Waals surface area contributed by atoms with Crippen molar-refractivity contribution in [1.82, 2.24) is 14.7 Å². The van der Waals surface area contributed by atoms with Crippen molar-refractivity contribution < 1.29 is 14.4 Å². The molecular weight excluding hydrogens is 320 g/mol. The molecule has 2 aromatic rings. The van der Waals surface area contributed by atoms with Crippen molar-refractivity contribution in [2.75, 3.05) is 11.9 Å². The third-order valence-electron chi connectivity index (χ3n) is 4.13. The fourth-order valence-corrected chi connectivity index (χ4v) is 2.71. The Bertz CT molecular complexity index is 854. The largest absolute Gasteiger partial charge is 0.319 e. The zero-order valence-corrected chi connectivity index (χ0v) is 14.4. The third kappa shape index (κ3) is 3.31. The summed E-state index contributed by atoms with van der Waals surface area (Å²) in [5, 5.41) is 6.70. The van der Waals surface area contributed by atoms with Gasteiger partial charge in [0.25, 0.3) is 17.7 Å². The van der Waals surface area contributed by atoms with Crippen LogP contribution in [0.15, 0.2) is 30.6 Å². The summed E-state index contributed by atoms with van der Waals surface area (Å²) in [6, 6.07) is 4.58. The van der Waals surface area contributed by atoms with Crippen LogP contribution in [0.4, 0.5) is 5.69 Å². The maximum absolute atomic E-state index is 12.5. The number of aromatic nitrogens is 2. The second-order valence-corrected chi connectivity index (χ2v) is 6.56. The first-order valence-electron chi connectivity index (χ1n) is 8.17. The summed E-state index contributed by atoms with van der Waals surface area (Å²) in [4.78, 5) is 38.5. The molecular formula is C18H20N4O3. The number of benzene rings is 1. The van der Waals surface area contributed by atoms with Gasteiger partial charge in [-0.1, -0.05) is 13.8 Å². The van der Waals surface area contributed by atoms with E-state index in [1.807, 2.05) is 13.8 Å². The van der Waals surface area contributed by atoms with E-state index < -0.39 is 0 Å². The number of amides is 3. The Morgan fingerprint density at radius 3 is 2.56 bits per heavy atom. The van der Waals surface area contributed by atoms with Crippen LogP contribution >= 0.6 is 0 Å². The number of aryl methyl sites for hydroxylation is 1. The van der Waals surface area contributed by atoms with E-state index in [0.717, 1.165) is 6.42 Å². The molecule has 3 rings (SSSR count). The fraction of sp³-hybridized carbons (Fsp3) is 0.333. The Hall–Kier alpha value is -2.96. The average Bonchev–Trinajstić information content (AvgIpc) is 3.07. The number of carbonyl (C=O) groups excluding carboxylic acids is 3. The molecule has 2 heterocycles. The normalized spacial score (nSPS) is 13.5. The Labute approximate surface area is 145 Å². The minimum Gasteiger partial charge on any atom is -0.319 e. The van der Waals surface area contributed by atoms with Crippen LogP contribution < -0.4 is 5.32 Å². The van der Waals surface area contributed by atoms with Gasteiger partial charge < -0.3 is 5.32 Å². The molecule has 3 amide bonds. The molecule has 0 aliphatic carbocycles. The van der Waals surface area contributed by atoms with E-state index in [-0.39, 0.29) is 23.3 Å². The molecule has 130 valence electrons. The third-order valence-corrected chi connectivity index (χ3v) is 4.13. The molecule has 0 radical (unpaired) electrons. The number of nitrogens with one attached hydrogen (secondary N) is 1. The lowest BCUT2D eigenvalue weighted by molar-refractivity contribution is 0.0647. The number of nitrogens with zero attached hydrogens (tertiary/aromatic N) is 3. The van der Waals surface area contributed by atoms with Crippen LogP contribution in [0.1, 0.15) is 51.3 Å². The van der Waals surface area contributed by atoms with Gasteiger partial charge in [0.2, 0.25) is 0 Å². The Morgan fingerprint density at radius 2 is 1.92 bits per heavy atom. The lowest BCUT2D eigenvalue weighted by atomic mass is 10.1. The predicted molar refractivity (Wildman–Crippen MR) is 92.4 cm³/mol. The highest BCUT2D eigenvalue weighted by Gasteiger charge is 2.35. The molecule has 0 unspecified atom stereocenters. The lowest BCUT2D eigenvalue weighted by Gasteiger charge is -2.14. The molecule has 0 saturated carbocycles. The van der Waals surface area contributed by atoms with E-state index in [9.17, 15) is 14.4 Å². The van der Waals surface area contributed by atoms with Crippen molar-refractivity contribution >= 4 is 23.4 Å².